The smallest absolute Gasteiger partial charge is 0.243 e. The predicted molar refractivity (Wildman–Crippen MR) is 41.9 cm³/mol. The lowest BCUT2D eigenvalue weighted by Crippen LogP contribution is -2.56. The zero-order chi connectivity index (χ0) is 9.07. The molecular formula is C6H13F2NOS. The topological polar surface area (TPSA) is 20.3 Å². The van der Waals surface area contributed by atoms with Gasteiger partial charge in [-0.1, -0.05) is 13.8 Å². The Balaban J connectivity index is 0.000000461. The van der Waals surface area contributed by atoms with Gasteiger partial charge >= 0.3 is 0 Å². The summed E-state index contributed by atoms with van der Waals surface area (Å²) in [5, 5.41) is 0. The van der Waals surface area contributed by atoms with Crippen molar-refractivity contribution in [1.29, 1.82) is 0 Å². The molecule has 0 spiro atoms. The van der Waals surface area contributed by atoms with E-state index in [4.69, 9.17) is 0 Å². The van der Waals surface area contributed by atoms with Crippen molar-refractivity contribution >= 4 is 11.0 Å². The summed E-state index contributed by atoms with van der Waals surface area (Å²) in [6, 6.07) is 0. The first kappa shape index (κ1) is 11.0. The van der Waals surface area contributed by atoms with Gasteiger partial charge < -0.3 is 0 Å². The Morgan fingerprint density at radius 3 is 1.82 bits per heavy atom. The Hall–Kier alpha value is -0.0300. The van der Waals surface area contributed by atoms with E-state index < -0.39 is 16.9 Å². The highest BCUT2D eigenvalue weighted by Gasteiger charge is 2.45. The molecule has 0 saturated carbocycles. The van der Waals surface area contributed by atoms with Crippen molar-refractivity contribution < 1.29 is 13.0 Å². The summed E-state index contributed by atoms with van der Waals surface area (Å²) in [7, 11) is -1.22. The third-order valence-electron chi connectivity index (χ3n) is 1.18. The standard InChI is InChI=1S/C4H7F2NOS.C2H6/c1-9(8)7-2-4(5,6)3-7;1-2/h2-3H2,1H3;1-2H3. The number of hydrogen-bond donors (Lipinski definition) is 0. The molecule has 0 aromatic heterocycles. The molecule has 11 heavy (non-hydrogen) atoms. The summed E-state index contributed by atoms with van der Waals surface area (Å²) in [6.45, 7) is 3.30. The van der Waals surface area contributed by atoms with Crippen molar-refractivity contribution in [2.45, 2.75) is 19.8 Å². The van der Waals surface area contributed by atoms with E-state index in [1.807, 2.05) is 13.8 Å². The van der Waals surface area contributed by atoms with Crippen LogP contribution in [0.25, 0.3) is 0 Å². The minimum Gasteiger partial charge on any atom is -0.243 e. The van der Waals surface area contributed by atoms with E-state index in [0.29, 0.717) is 0 Å². The minimum absolute atomic E-state index is 0.351. The molecule has 0 N–H and O–H groups in total. The van der Waals surface area contributed by atoms with Crippen LogP contribution >= 0.6 is 0 Å². The average molecular weight is 185 g/mol. The molecule has 1 fully saturated rings. The van der Waals surface area contributed by atoms with Crippen molar-refractivity contribution in [3.8, 4) is 0 Å². The van der Waals surface area contributed by atoms with Gasteiger partial charge in [0.25, 0.3) is 5.92 Å². The maximum Gasteiger partial charge on any atom is 0.274 e. The molecule has 1 aliphatic heterocycles. The summed E-state index contributed by atoms with van der Waals surface area (Å²) >= 11 is 0. The van der Waals surface area contributed by atoms with Crippen LogP contribution < -0.4 is 0 Å². The minimum atomic E-state index is -2.59. The van der Waals surface area contributed by atoms with Gasteiger partial charge in [0.15, 0.2) is 0 Å². The number of rotatable bonds is 1. The molecule has 0 aliphatic carbocycles. The fourth-order valence-corrected chi connectivity index (χ4v) is 1.39. The Bertz CT molecular complexity index is 144. The van der Waals surface area contributed by atoms with E-state index in [1.54, 1.807) is 0 Å². The first-order valence-corrected chi connectivity index (χ1v) is 4.99. The molecule has 1 unspecified atom stereocenters. The van der Waals surface area contributed by atoms with Gasteiger partial charge in [-0.25, -0.2) is 17.3 Å². The second kappa shape index (κ2) is 4.11. The third-order valence-corrected chi connectivity index (χ3v) is 2.16. The van der Waals surface area contributed by atoms with Crippen molar-refractivity contribution in [1.82, 2.24) is 4.31 Å². The van der Waals surface area contributed by atoms with Crippen LogP contribution in [-0.4, -0.2) is 33.8 Å². The number of alkyl halides is 2. The third kappa shape index (κ3) is 3.25. The zero-order valence-electron chi connectivity index (χ0n) is 6.93. The molecule has 2 nitrogen and oxygen atoms in total. The fourth-order valence-electron chi connectivity index (χ4n) is 0.652. The second-order valence-electron chi connectivity index (χ2n) is 2.08. The van der Waals surface area contributed by atoms with Crippen LogP contribution in [0.5, 0.6) is 0 Å². The van der Waals surface area contributed by atoms with Gasteiger partial charge in [-0.3, -0.25) is 0 Å². The molecule has 1 heterocycles. The molecule has 0 aromatic rings. The SMILES string of the molecule is CC.CS(=O)N1CC(F)(F)C1. The van der Waals surface area contributed by atoms with Gasteiger partial charge in [-0.05, 0) is 0 Å². The highest BCUT2D eigenvalue weighted by atomic mass is 32.2. The zero-order valence-corrected chi connectivity index (χ0v) is 7.75. The summed E-state index contributed by atoms with van der Waals surface area (Å²) in [6.07, 6.45) is 1.40. The number of halogens is 2. The second-order valence-corrected chi connectivity index (χ2v) is 3.44. The normalized spacial score (nSPS) is 24.5. The van der Waals surface area contributed by atoms with Gasteiger partial charge in [0.1, 0.15) is 0 Å². The molecule has 0 radical (unpaired) electrons. The molecule has 0 amide bonds. The van der Waals surface area contributed by atoms with E-state index in [9.17, 15) is 13.0 Å². The lowest BCUT2D eigenvalue weighted by Gasteiger charge is -2.36. The molecular weight excluding hydrogens is 172 g/mol. The lowest BCUT2D eigenvalue weighted by molar-refractivity contribution is -0.0924. The molecule has 1 rings (SSSR count). The fraction of sp³-hybridized carbons (Fsp3) is 1.00. The molecule has 0 bridgehead atoms. The van der Waals surface area contributed by atoms with Gasteiger partial charge in [0.2, 0.25) is 0 Å². The van der Waals surface area contributed by atoms with Crippen LogP contribution in [0.2, 0.25) is 0 Å². The number of hydrogen-bond acceptors (Lipinski definition) is 1. The van der Waals surface area contributed by atoms with E-state index in [-0.39, 0.29) is 13.1 Å². The monoisotopic (exact) mass is 185 g/mol. The predicted octanol–water partition coefficient (Wildman–Crippen LogP) is 1.26. The van der Waals surface area contributed by atoms with Gasteiger partial charge in [0, 0.05) is 6.26 Å². The van der Waals surface area contributed by atoms with E-state index in [2.05, 4.69) is 0 Å². The van der Waals surface area contributed by atoms with Gasteiger partial charge in [-0.15, -0.1) is 0 Å². The summed E-state index contributed by atoms with van der Waals surface area (Å²) in [5.41, 5.74) is 0. The first-order chi connectivity index (χ1) is 5.01. The lowest BCUT2D eigenvalue weighted by atomic mass is 10.2. The van der Waals surface area contributed by atoms with Crippen LogP contribution in [0.4, 0.5) is 8.78 Å². The molecule has 5 heteroatoms. The van der Waals surface area contributed by atoms with Crippen molar-refractivity contribution in [2.75, 3.05) is 19.3 Å². The molecule has 1 aliphatic rings. The highest BCUT2D eigenvalue weighted by molar-refractivity contribution is 7.81. The molecule has 0 aromatic carbocycles. The van der Waals surface area contributed by atoms with E-state index in [0.717, 1.165) is 0 Å². The Labute approximate surface area is 68.2 Å². The van der Waals surface area contributed by atoms with Crippen molar-refractivity contribution in [3.63, 3.8) is 0 Å². The largest absolute Gasteiger partial charge is 0.274 e. The van der Waals surface area contributed by atoms with Crippen LogP contribution in [0.1, 0.15) is 13.8 Å². The summed E-state index contributed by atoms with van der Waals surface area (Å²) in [4.78, 5) is 0. The van der Waals surface area contributed by atoms with E-state index in [1.165, 1.54) is 10.6 Å². The number of nitrogens with zero attached hydrogens (tertiary/aromatic N) is 1. The Morgan fingerprint density at radius 2 is 1.73 bits per heavy atom. The maximum atomic E-state index is 12.0. The van der Waals surface area contributed by atoms with Gasteiger partial charge in [-0.2, -0.15) is 0 Å². The molecule has 1 atom stereocenters. The van der Waals surface area contributed by atoms with Crippen LogP contribution in [0.15, 0.2) is 0 Å². The Morgan fingerprint density at radius 1 is 1.36 bits per heavy atom. The average Bonchev–Trinajstić information content (AvgIpc) is 1.87. The van der Waals surface area contributed by atoms with Crippen molar-refractivity contribution in [2.24, 2.45) is 0 Å². The van der Waals surface area contributed by atoms with E-state index >= 15 is 0 Å². The summed E-state index contributed by atoms with van der Waals surface area (Å²) < 4.78 is 35.6. The van der Waals surface area contributed by atoms with Gasteiger partial charge in [0.05, 0.1) is 24.1 Å². The van der Waals surface area contributed by atoms with Crippen molar-refractivity contribution in [3.05, 3.63) is 0 Å². The van der Waals surface area contributed by atoms with Crippen LogP contribution in [-0.2, 0) is 11.0 Å². The summed E-state index contributed by atoms with van der Waals surface area (Å²) in [5.74, 6) is -2.59. The quantitative estimate of drug-likeness (QED) is 0.602. The highest BCUT2D eigenvalue weighted by Crippen LogP contribution is 2.26. The molecule has 1 saturated heterocycles. The maximum absolute atomic E-state index is 12.0. The first-order valence-electron chi connectivity index (χ1n) is 3.48. The Kier molecular flexibility index (Phi) is 4.10. The van der Waals surface area contributed by atoms with Crippen LogP contribution in [0, 0.1) is 0 Å². The van der Waals surface area contributed by atoms with Crippen LogP contribution in [0.3, 0.4) is 0 Å². The molecule has 68 valence electrons.